The van der Waals surface area contributed by atoms with Crippen molar-refractivity contribution in [3.8, 4) is 0 Å². The van der Waals surface area contributed by atoms with Gasteiger partial charge in [-0.3, -0.25) is 9.59 Å². The van der Waals surface area contributed by atoms with Crippen molar-refractivity contribution in [2.75, 3.05) is 6.54 Å². The lowest BCUT2D eigenvalue weighted by molar-refractivity contribution is -0.137. The summed E-state index contributed by atoms with van der Waals surface area (Å²) < 4.78 is 13.7. The maximum Gasteiger partial charge on any atom is 0.303 e. The van der Waals surface area contributed by atoms with Gasteiger partial charge in [0.25, 0.3) is 0 Å². The zero-order chi connectivity index (χ0) is 14.7. The van der Waals surface area contributed by atoms with Crippen molar-refractivity contribution < 1.29 is 19.1 Å². The molecule has 1 aliphatic carbocycles. The van der Waals surface area contributed by atoms with E-state index in [1.807, 2.05) is 0 Å². The quantitative estimate of drug-likeness (QED) is 0.793. The fraction of sp³-hybridized carbons (Fsp3) is 0.429. The Kier molecular flexibility index (Phi) is 4.60. The molecule has 0 unspecified atom stereocenters. The second kappa shape index (κ2) is 6.22. The topological polar surface area (TPSA) is 66.4 Å². The molecule has 108 valence electrons. The minimum atomic E-state index is -0.887. The van der Waals surface area contributed by atoms with E-state index in [9.17, 15) is 14.0 Å². The first-order chi connectivity index (χ1) is 9.50. The Morgan fingerprint density at radius 1 is 1.45 bits per heavy atom. The Morgan fingerprint density at radius 2 is 2.20 bits per heavy atom. The van der Waals surface area contributed by atoms with Crippen molar-refractivity contribution in [1.29, 1.82) is 0 Å². The van der Waals surface area contributed by atoms with Crippen LogP contribution in [-0.2, 0) is 9.59 Å². The number of carboxylic acids is 1. The zero-order valence-corrected chi connectivity index (χ0v) is 11.5. The first kappa shape index (κ1) is 14.8. The van der Waals surface area contributed by atoms with Gasteiger partial charge < -0.3 is 10.4 Å². The molecule has 1 fully saturated rings. The number of carbonyl (C=O) groups is 2. The largest absolute Gasteiger partial charge is 0.481 e. The number of carbonyl (C=O) groups excluding carboxylic acids is 1. The number of carboxylic acid groups (broad SMARTS) is 1. The Morgan fingerprint density at radius 3 is 2.85 bits per heavy atom. The Labute approximate surface area is 120 Å². The van der Waals surface area contributed by atoms with Gasteiger partial charge in [-0.2, -0.15) is 0 Å². The van der Waals surface area contributed by atoms with Crippen LogP contribution in [0, 0.1) is 11.7 Å². The predicted molar refractivity (Wildman–Crippen MR) is 72.1 cm³/mol. The summed E-state index contributed by atoms with van der Waals surface area (Å²) in [5.74, 6) is -1.89. The molecule has 2 atom stereocenters. The van der Waals surface area contributed by atoms with E-state index in [4.69, 9.17) is 16.7 Å². The maximum atomic E-state index is 13.7. The summed E-state index contributed by atoms with van der Waals surface area (Å²) in [5.41, 5.74) is 0.403. The van der Waals surface area contributed by atoms with Crippen LogP contribution in [-0.4, -0.2) is 23.5 Å². The summed E-state index contributed by atoms with van der Waals surface area (Å²) in [6, 6.07) is 4.48. The number of rotatable bonds is 6. The lowest BCUT2D eigenvalue weighted by Crippen LogP contribution is -2.26. The van der Waals surface area contributed by atoms with E-state index < -0.39 is 5.97 Å². The van der Waals surface area contributed by atoms with E-state index in [1.165, 1.54) is 12.1 Å². The molecule has 4 nitrogen and oxygen atoms in total. The second-order valence-electron chi connectivity index (χ2n) is 4.87. The van der Waals surface area contributed by atoms with Gasteiger partial charge in [0.2, 0.25) is 5.91 Å². The van der Waals surface area contributed by atoms with Gasteiger partial charge in [0.05, 0.1) is 0 Å². The molecule has 0 heterocycles. The van der Waals surface area contributed by atoms with Gasteiger partial charge in [-0.1, -0.05) is 17.7 Å². The first-order valence-electron chi connectivity index (χ1n) is 6.44. The average molecular weight is 300 g/mol. The highest BCUT2D eigenvalue weighted by Crippen LogP contribution is 2.50. The first-order valence-corrected chi connectivity index (χ1v) is 6.82. The van der Waals surface area contributed by atoms with Crippen molar-refractivity contribution in [3.63, 3.8) is 0 Å². The van der Waals surface area contributed by atoms with Crippen LogP contribution in [0.5, 0.6) is 0 Å². The van der Waals surface area contributed by atoms with Crippen molar-refractivity contribution in [2.45, 2.75) is 25.2 Å². The number of halogens is 2. The van der Waals surface area contributed by atoms with Crippen molar-refractivity contribution >= 4 is 23.5 Å². The summed E-state index contributed by atoms with van der Waals surface area (Å²) in [7, 11) is 0. The summed E-state index contributed by atoms with van der Waals surface area (Å²) in [6.45, 7) is 0.319. The standard InChI is InChI=1S/C14H15ClFNO3/c15-10-3-1-4-11(16)13(10)8-7-9(8)14(20)17-6-2-5-12(18)19/h1,3-4,8-9H,2,5-7H2,(H,17,20)(H,18,19)/t8-,9+/m1/s1. The Balaban J connectivity index is 1.85. The van der Waals surface area contributed by atoms with Crippen LogP contribution >= 0.6 is 11.6 Å². The van der Waals surface area contributed by atoms with Gasteiger partial charge in [-0.25, -0.2) is 4.39 Å². The van der Waals surface area contributed by atoms with Gasteiger partial charge >= 0.3 is 5.97 Å². The fourth-order valence-electron chi connectivity index (χ4n) is 2.25. The lowest BCUT2D eigenvalue weighted by Gasteiger charge is -2.06. The minimum absolute atomic E-state index is 0.0213. The maximum absolute atomic E-state index is 13.7. The van der Waals surface area contributed by atoms with Gasteiger partial charge in [0.1, 0.15) is 5.82 Å². The molecule has 1 aromatic carbocycles. The third-order valence-corrected chi connectivity index (χ3v) is 3.69. The minimum Gasteiger partial charge on any atom is -0.481 e. The lowest BCUT2D eigenvalue weighted by atomic mass is 10.1. The summed E-state index contributed by atoms with van der Waals surface area (Å²) in [4.78, 5) is 22.2. The normalized spacial score (nSPS) is 20.5. The molecule has 0 saturated heterocycles. The molecule has 1 aliphatic rings. The zero-order valence-electron chi connectivity index (χ0n) is 10.7. The number of amides is 1. The SMILES string of the molecule is O=C(O)CCCNC(=O)[C@H]1C[C@H]1c1c(F)cccc1Cl. The fourth-order valence-corrected chi connectivity index (χ4v) is 2.55. The van der Waals surface area contributed by atoms with Crippen LogP contribution in [0.15, 0.2) is 18.2 Å². The molecule has 2 rings (SSSR count). The number of nitrogens with one attached hydrogen (secondary N) is 1. The van der Waals surface area contributed by atoms with Crippen molar-refractivity contribution in [3.05, 3.63) is 34.6 Å². The average Bonchev–Trinajstić information content (AvgIpc) is 3.14. The van der Waals surface area contributed by atoms with Crippen LogP contribution in [0.4, 0.5) is 4.39 Å². The van der Waals surface area contributed by atoms with E-state index >= 15 is 0 Å². The van der Waals surface area contributed by atoms with Gasteiger partial charge in [-0.05, 0) is 25.0 Å². The summed E-state index contributed by atoms with van der Waals surface area (Å²) in [6.07, 6.45) is 0.984. The molecule has 0 aromatic heterocycles. The molecular formula is C14H15ClFNO3. The highest BCUT2D eigenvalue weighted by atomic mass is 35.5. The van der Waals surface area contributed by atoms with Crippen LogP contribution < -0.4 is 5.32 Å². The van der Waals surface area contributed by atoms with E-state index in [-0.39, 0.29) is 30.0 Å². The monoisotopic (exact) mass is 299 g/mol. The van der Waals surface area contributed by atoms with E-state index in [0.29, 0.717) is 30.0 Å². The van der Waals surface area contributed by atoms with Crippen molar-refractivity contribution in [2.24, 2.45) is 5.92 Å². The van der Waals surface area contributed by atoms with Crippen LogP contribution in [0.3, 0.4) is 0 Å². The smallest absolute Gasteiger partial charge is 0.303 e. The van der Waals surface area contributed by atoms with E-state index in [1.54, 1.807) is 6.07 Å². The molecule has 0 radical (unpaired) electrons. The van der Waals surface area contributed by atoms with Crippen molar-refractivity contribution in [1.82, 2.24) is 5.32 Å². The second-order valence-corrected chi connectivity index (χ2v) is 5.28. The molecule has 0 aliphatic heterocycles. The van der Waals surface area contributed by atoms with Gasteiger partial charge in [0, 0.05) is 35.4 Å². The number of aliphatic carboxylic acids is 1. The molecule has 1 saturated carbocycles. The summed E-state index contributed by atoms with van der Waals surface area (Å²) >= 11 is 5.96. The predicted octanol–water partition coefficient (Wildman–Crippen LogP) is 2.56. The van der Waals surface area contributed by atoms with Crippen LogP contribution in [0.25, 0.3) is 0 Å². The molecule has 1 amide bonds. The molecule has 20 heavy (non-hydrogen) atoms. The molecule has 6 heteroatoms. The Bertz CT molecular complexity index is 515. The Hall–Kier alpha value is -1.62. The third kappa shape index (κ3) is 3.48. The van der Waals surface area contributed by atoms with Crippen LogP contribution in [0.1, 0.15) is 30.7 Å². The van der Waals surface area contributed by atoms with E-state index in [0.717, 1.165) is 0 Å². The van der Waals surface area contributed by atoms with Gasteiger partial charge in [-0.15, -0.1) is 0 Å². The van der Waals surface area contributed by atoms with E-state index in [2.05, 4.69) is 5.32 Å². The summed E-state index contributed by atoms with van der Waals surface area (Å²) in [5, 5.41) is 11.5. The number of hydrogen-bond acceptors (Lipinski definition) is 2. The molecule has 2 N–H and O–H groups in total. The molecular weight excluding hydrogens is 285 g/mol. The van der Waals surface area contributed by atoms with Crippen LogP contribution in [0.2, 0.25) is 5.02 Å². The highest BCUT2D eigenvalue weighted by Gasteiger charge is 2.46. The molecule has 0 spiro atoms. The third-order valence-electron chi connectivity index (χ3n) is 3.36. The van der Waals surface area contributed by atoms with Gasteiger partial charge in [0.15, 0.2) is 0 Å². The number of hydrogen-bond donors (Lipinski definition) is 2. The number of benzene rings is 1. The molecule has 0 bridgehead atoms. The molecule has 1 aromatic rings. The highest BCUT2D eigenvalue weighted by molar-refractivity contribution is 6.31.